The quantitative estimate of drug-likeness (QED) is 0.294. The van der Waals surface area contributed by atoms with Gasteiger partial charge in [-0.3, -0.25) is 0 Å². The normalized spacial score (nSPS) is 11.0. The molecule has 0 nitrogen and oxygen atoms in total. The molecule has 0 fully saturated rings. The fraction of sp³-hybridized carbons (Fsp3) is 0.684. The molecule has 120 valence electrons. The van der Waals surface area contributed by atoms with Crippen LogP contribution in [0.3, 0.4) is 0 Å². The number of thioether (sulfide) groups is 2. The van der Waals surface area contributed by atoms with Crippen LogP contribution in [0.15, 0.2) is 28.0 Å². The van der Waals surface area contributed by atoms with Crippen LogP contribution in [-0.4, -0.2) is 11.5 Å². The summed E-state index contributed by atoms with van der Waals surface area (Å²) in [6.07, 6.45) is 10.5. The minimum Gasteiger partial charge on any atom is -0.126 e. The Labute approximate surface area is 140 Å². The van der Waals surface area contributed by atoms with Gasteiger partial charge in [0.1, 0.15) is 0 Å². The Balaban J connectivity index is 2.63. The van der Waals surface area contributed by atoms with Gasteiger partial charge < -0.3 is 0 Å². The lowest BCUT2D eigenvalue weighted by Crippen LogP contribution is -1.94. The average Bonchev–Trinajstić information content (AvgIpc) is 2.50. The molecule has 0 bridgehead atoms. The number of benzene rings is 1. The van der Waals surface area contributed by atoms with Gasteiger partial charge in [-0.2, -0.15) is 0 Å². The van der Waals surface area contributed by atoms with Crippen LogP contribution in [0.1, 0.15) is 71.3 Å². The Morgan fingerprint density at radius 1 is 0.714 bits per heavy atom. The predicted molar refractivity (Wildman–Crippen MR) is 101 cm³/mol. The van der Waals surface area contributed by atoms with Crippen LogP contribution < -0.4 is 0 Å². The summed E-state index contributed by atoms with van der Waals surface area (Å²) in [5.41, 5.74) is 1.61. The van der Waals surface area contributed by atoms with Crippen LogP contribution in [0.25, 0.3) is 0 Å². The molecule has 0 spiro atoms. The molecule has 0 amide bonds. The minimum absolute atomic E-state index is 1.23. The maximum absolute atomic E-state index is 2.33. The van der Waals surface area contributed by atoms with E-state index in [1.54, 1.807) is 5.56 Å². The summed E-state index contributed by atoms with van der Waals surface area (Å²) in [6.45, 7) is 6.85. The highest BCUT2D eigenvalue weighted by Crippen LogP contribution is 2.33. The minimum atomic E-state index is 1.23. The fourth-order valence-corrected chi connectivity index (χ4v) is 4.70. The maximum atomic E-state index is 2.33. The van der Waals surface area contributed by atoms with Crippen LogP contribution in [-0.2, 0) is 6.42 Å². The van der Waals surface area contributed by atoms with Gasteiger partial charge in [0.15, 0.2) is 0 Å². The molecule has 0 aromatic heterocycles. The van der Waals surface area contributed by atoms with E-state index < -0.39 is 0 Å². The molecule has 0 unspecified atom stereocenters. The fourth-order valence-electron chi connectivity index (χ4n) is 2.38. The molecule has 0 aliphatic rings. The second-order valence-electron chi connectivity index (χ2n) is 5.59. The lowest BCUT2D eigenvalue weighted by atomic mass is 10.1. The van der Waals surface area contributed by atoms with Crippen LogP contribution in [0.4, 0.5) is 0 Å². The number of hydrogen-bond donors (Lipinski definition) is 0. The van der Waals surface area contributed by atoms with E-state index in [2.05, 4.69) is 62.5 Å². The summed E-state index contributed by atoms with van der Waals surface area (Å²) in [5.74, 6) is 2.54. The van der Waals surface area contributed by atoms with E-state index in [9.17, 15) is 0 Å². The second kappa shape index (κ2) is 12.5. The smallest absolute Gasteiger partial charge is 0.0115 e. The maximum Gasteiger partial charge on any atom is 0.0115 e. The zero-order valence-electron chi connectivity index (χ0n) is 14.1. The van der Waals surface area contributed by atoms with Crippen molar-refractivity contribution in [2.45, 2.75) is 81.9 Å². The zero-order valence-corrected chi connectivity index (χ0v) is 15.8. The van der Waals surface area contributed by atoms with Gasteiger partial charge in [-0.25, -0.2) is 0 Å². The molecule has 0 aliphatic carbocycles. The molecule has 0 atom stereocenters. The molecular formula is C19H32S2. The van der Waals surface area contributed by atoms with Crippen molar-refractivity contribution in [1.29, 1.82) is 0 Å². The molecule has 0 heterocycles. The molecule has 0 aliphatic heterocycles. The van der Waals surface area contributed by atoms with Crippen molar-refractivity contribution >= 4 is 23.5 Å². The van der Waals surface area contributed by atoms with Gasteiger partial charge in [-0.05, 0) is 48.5 Å². The van der Waals surface area contributed by atoms with Crippen molar-refractivity contribution in [3.05, 3.63) is 23.8 Å². The largest absolute Gasteiger partial charge is 0.126 e. The van der Waals surface area contributed by atoms with Gasteiger partial charge in [-0.15, -0.1) is 23.5 Å². The van der Waals surface area contributed by atoms with Crippen molar-refractivity contribution in [2.75, 3.05) is 11.5 Å². The van der Waals surface area contributed by atoms with E-state index in [4.69, 9.17) is 0 Å². The molecule has 1 aromatic carbocycles. The van der Waals surface area contributed by atoms with Gasteiger partial charge >= 0.3 is 0 Å². The third-order valence-electron chi connectivity index (χ3n) is 3.60. The van der Waals surface area contributed by atoms with E-state index in [-0.39, 0.29) is 0 Å². The first-order valence-corrected chi connectivity index (χ1v) is 10.7. The van der Waals surface area contributed by atoms with Gasteiger partial charge in [-0.1, -0.05) is 58.9 Å². The standard InChI is InChI=1S/C19H32S2/c1-4-7-9-15-20-18-13-11-14-19(17(18)12-6-3)21-16-10-8-5-2/h11,13-14H,4-10,12,15-16H2,1-3H3. The number of unbranched alkanes of at least 4 members (excludes halogenated alkanes) is 4. The Morgan fingerprint density at radius 3 is 1.67 bits per heavy atom. The highest BCUT2D eigenvalue weighted by molar-refractivity contribution is 8.00. The van der Waals surface area contributed by atoms with Crippen molar-refractivity contribution in [2.24, 2.45) is 0 Å². The van der Waals surface area contributed by atoms with Gasteiger partial charge in [0.2, 0.25) is 0 Å². The molecule has 21 heavy (non-hydrogen) atoms. The van der Waals surface area contributed by atoms with Crippen LogP contribution in [0.2, 0.25) is 0 Å². The van der Waals surface area contributed by atoms with E-state index in [0.717, 1.165) is 0 Å². The van der Waals surface area contributed by atoms with E-state index in [1.807, 2.05) is 0 Å². The van der Waals surface area contributed by atoms with Crippen molar-refractivity contribution in [3.63, 3.8) is 0 Å². The molecule has 0 radical (unpaired) electrons. The summed E-state index contributed by atoms with van der Waals surface area (Å²) in [7, 11) is 0. The summed E-state index contributed by atoms with van der Waals surface area (Å²) >= 11 is 4.14. The van der Waals surface area contributed by atoms with Crippen molar-refractivity contribution in [1.82, 2.24) is 0 Å². The van der Waals surface area contributed by atoms with Crippen molar-refractivity contribution < 1.29 is 0 Å². The van der Waals surface area contributed by atoms with Crippen molar-refractivity contribution in [3.8, 4) is 0 Å². The van der Waals surface area contributed by atoms with Crippen LogP contribution in [0, 0.1) is 0 Å². The highest BCUT2D eigenvalue weighted by Gasteiger charge is 2.08. The predicted octanol–water partition coefficient (Wildman–Crippen LogP) is 7.20. The first-order chi connectivity index (χ1) is 10.3. The molecule has 1 aromatic rings. The third kappa shape index (κ3) is 7.65. The first kappa shape index (κ1) is 19.0. The van der Waals surface area contributed by atoms with Crippen LogP contribution >= 0.6 is 23.5 Å². The van der Waals surface area contributed by atoms with E-state index in [1.165, 1.54) is 72.7 Å². The Bertz CT molecular complexity index is 344. The average molecular weight is 325 g/mol. The Kier molecular flexibility index (Phi) is 11.3. The van der Waals surface area contributed by atoms with Gasteiger partial charge in [0, 0.05) is 9.79 Å². The second-order valence-corrected chi connectivity index (χ2v) is 7.87. The van der Waals surface area contributed by atoms with E-state index >= 15 is 0 Å². The Morgan fingerprint density at radius 2 is 1.24 bits per heavy atom. The monoisotopic (exact) mass is 324 g/mol. The molecule has 0 saturated carbocycles. The lowest BCUT2D eigenvalue weighted by Gasteiger charge is -2.14. The number of rotatable bonds is 12. The first-order valence-electron chi connectivity index (χ1n) is 8.70. The molecule has 0 saturated heterocycles. The highest BCUT2D eigenvalue weighted by atomic mass is 32.2. The molecular weight excluding hydrogens is 292 g/mol. The van der Waals surface area contributed by atoms with Gasteiger partial charge in [0.05, 0.1) is 0 Å². The summed E-state index contributed by atoms with van der Waals surface area (Å²) < 4.78 is 0. The van der Waals surface area contributed by atoms with E-state index in [0.29, 0.717) is 0 Å². The zero-order chi connectivity index (χ0) is 15.3. The summed E-state index contributed by atoms with van der Waals surface area (Å²) in [6, 6.07) is 6.92. The number of hydrogen-bond acceptors (Lipinski definition) is 2. The topological polar surface area (TPSA) is 0 Å². The van der Waals surface area contributed by atoms with Crippen LogP contribution in [0.5, 0.6) is 0 Å². The Hall–Kier alpha value is -0.0800. The molecule has 0 N–H and O–H groups in total. The third-order valence-corrected chi connectivity index (χ3v) is 5.97. The SMILES string of the molecule is CCCCCSc1cccc(SCCCCC)c1CCC. The summed E-state index contributed by atoms with van der Waals surface area (Å²) in [4.78, 5) is 3.07. The molecule has 1 rings (SSSR count). The lowest BCUT2D eigenvalue weighted by molar-refractivity contribution is 0.777. The van der Waals surface area contributed by atoms with Gasteiger partial charge in [0.25, 0.3) is 0 Å². The molecule has 2 heteroatoms. The summed E-state index contributed by atoms with van der Waals surface area (Å²) in [5, 5.41) is 0.